The van der Waals surface area contributed by atoms with Gasteiger partial charge < -0.3 is 15.2 Å². The second kappa shape index (κ2) is 4.80. The molecule has 76 valence electrons. The molecule has 0 aliphatic carbocycles. The Balaban J connectivity index is 2.88. The molecule has 0 bridgehead atoms. The van der Waals surface area contributed by atoms with E-state index in [2.05, 4.69) is 25.7 Å². The van der Waals surface area contributed by atoms with Crippen molar-refractivity contribution in [3.05, 3.63) is 16.7 Å². The van der Waals surface area contributed by atoms with Crippen molar-refractivity contribution in [3.63, 3.8) is 0 Å². The number of pyridine rings is 1. The van der Waals surface area contributed by atoms with Gasteiger partial charge in [-0.1, -0.05) is 0 Å². The van der Waals surface area contributed by atoms with Gasteiger partial charge in [0.15, 0.2) is 0 Å². The summed E-state index contributed by atoms with van der Waals surface area (Å²) in [6, 6.07) is 1.48. The molecule has 1 aromatic heterocycles. The first kappa shape index (κ1) is 10.8. The van der Waals surface area contributed by atoms with Crippen LogP contribution in [0, 0.1) is 0 Å². The van der Waals surface area contributed by atoms with Gasteiger partial charge in [0.2, 0.25) is 5.88 Å². The third-order valence-corrected chi connectivity index (χ3v) is 1.90. The first-order valence-corrected chi connectivity index (χ1v) is 4.68. The van der Waals surface area contributed by atoms with Crippen LogP contribution in [-0.4, -0.2) is 17.7 Å². The van der Waals surface area contributed by atoms with Gasteiger partial charge >= 0.3 is 6.09 Å². The predicted molar refractivity (Wildman–Crippen MR) is 53.3 cm³/mol. The highest BCUT2D eigenvalue weighted by Gasteiger charge is 2.06. The van der Waals surface area contributed by atoms with Crippen molar-refractivity contribution in [3.8, 4) is 11.6 Å². The van der Waals surface area contributed by atoms with Crippen LogP contribution in [0.2, 0.25) is 0 Å². The highest BCUT2D eigenvalue weighted by Crippen LogP contribution is 2.27. The zero-order chi connectivity index (χ0) is 10.6. The number of halogens is 1. The van der Waals surface area contributed by atoms with Gasteiger partial charge in [-0.05, 0) is 22.9 Å². The molecule has 1 aromatic rings. The summed E-state index contributed by atoms with van der Waals surface area (Å²) < 4.78 is 10.5. The van der Waals surface area contributed by atoms with Crippen molar-refractivity contribution >= 4 is 22.0 Å². The van der Waals surface area contributed by atoms with Gasteiger partial charge in [-0.3, -0.25) is 0 Å². The van der Waals surface area contributed by atoms with Crippen molar-refractivity contribution in [1.82, 2.24) is 4.98 Å². The minimum Gasteiger partial charge on any atom is -0.492 e. The van der Waals surface area contributed by atoms with Crippen molar-refractivity contribution in [1.29, 1.82) is 0 Å². The Kier molecular flexibility index (Phi) is 3.70. The fourth-order valence-corrected chi connectivity index (χ4v) is 1.16. The summed E-state index contributed by atoms with van der Waals surface area (Å²) in [5, 5.41) is 0. The van der Waals surface area contributed by atoms with E-state index >= 15 is 0 Å². The standard InChI is InChI=1S/C8H9BrN2O3/c1-2-13-6-3-7(14-8(10)12)11-4-5(6)9/h3-4H,2H2,1H3,(H2,10,12). The van der Waals surface area contributed by atoms with Crippen LogP contribution in [0.5, 0.6) is 11.6 Å². The van der Waals surface area contributed by atoms with Gasteiger partial charge in [0, 0.05) is 12.3 Å². The lowest BCUT2D eigenvalue weighted by atomic mass is 10.4. The van der Waals surface area contributed by atoms with Crippen LogP contribution in [0.15, 0.2) is 16.7 Å². The zero-order valence-corrected chi connectivity index (χ0v) is 9.08. The molecule has 0 radical (unpaired) electrons. The molecule has 0 aliphatic heterocycles. The first-order valence-electron chi connectivity index (χ1n) is 3.89. The van der Waals surface area contributed by atoms with E-state index in [0.29, 0.717) is 16.8 Å². The first-order chi connectivity index (χ1) is 6.63. The Morgan fingerprint density at radius 3 is 3.00 bits per heavy atom. The number of ether oxygens (including phenoxy) is 2. The maximum Gasteiger partial charge on any atom is 0.411 e. The number of rotatable bonds is 3. The molecule has 6 heteroatoms. The molecule has 0 atom stereocenters. The topological polar surface area (TPSA) is 74.4 Å². The minimum absolute atomic E-state index is 0.115. The summed E-state index contributed by atoms with van der Waals surface area (Å²) in [5.74, 6) is 0.669. The van der Waals surface area contributed by atoms with Crippen LogP contribution in [0.3, 0.4) is 0 Å². The third-order valence-electron chi connectivity index (χ3n) is 1.30. The minimum atomic E-state index is -0.901. The summed E-state index contributed by atoms with van der Waals surface area (Å²) in [7, 11) is 0. The van der Waals surface area contributed by atoms with Gasteiger partial charge in [-0.25, -0.2) is 9.78 Å². The van der Waals surface area contributed by atoms with Gasteiger partial charge in [0.05, 0.1) is 11.1 Å². The van der Waals surface area contributed by atoms with Crippen molar-refractivity contribution in [2.75, 3.05) is 6.61 Å². The summed E-state index contributed by atoms with van der Waals surface area (Å²) in [4.78, 5) is 14.2. The Morgan fingerprint density at radius 1 is 1.71 bits per heavy atom. The summed E-state index contributed by atoms with van der Waals surface area (Å²) in [6.07, 6.45) is 0.575. The molecule has 0 saturated carbocycles. The molecule has 0 aliphatic rings. The van der Waals surface area contributed by atoms with Gasteiger partial charge in [-0.2, -0.15) is 0 Å². The number of hydrogen-bond acceptors (Lipinski definition) is 4. The fourth-order valence-electron chi connectivity index (χ4n) is 0.827. The smallest absolute Gasteiger partial charge is 0.411 e. The normalized spacial score (nSPS) is 9.57. The number of carbonyl (C=O) groups is 1. The van der Waals surface area contributed by atoms with Crippen molar-refractivity contribution in [2.24, 2.45) is 5.73 Å². The molecule has 14 heavy (non-hydrogen) atoms. The van der Waals surface area contributed by atoms with Gasteiger partial charge in [0.25, 0.3) is 0 Å². The van der Waals surface area contributed by atoms with E-state index in [1.54, 1.807) is 0 Å². The quantitative estimate of drug-likeness (QED) is 0.898. The molecular formula is C8H9BrN2O3. The molecule has 0 saturated heterocycles. The molecule has 0 fully saturated rings. The molecule has 0 unspecified atom stereocenters. The van der Waals surface area contributed by atoms with E-state index in [4.69, 9.17) is 10.5 Å². The van der Waals surface area contributed by atoms with Crippen LogP contribution < -0.4 is 15.2 Å². The number of nitrogens with two attached hydrogens (primary N) is 1. The van der Waals surface area contributed by atoms with E-state index in [1.807, 2.05) is 6.92 Å². The molecule has 2 N–H and O–H groups in total. The Bertz CT molecular complexity index is 343. The number of aromatic nitrogens is 1. The second-order valence-corrected chi connectivity index (χ2v) is 3.16. The van der Waals surface area contributed by atoms with Crippen LogP contribution in [0.25, 0.3) is 0 Å². The van der Waals surface area contributed by atoms with Gasteiger partial charge in [0.1, 0.15) is 5.75 Å². The largest absolute Gasteiger partial charge is 0.492 e. The Morgan fingerprint density at radius 2 is 2.43 bits per heavy atom. The monoisotopic (exact) mass is 260 g/mol. The van der Waals surface area contributed by atoms with E-state index in [0.717, 1.165) is 0 Å². The summed E-state index contributed by atoms with van der Waals surface area (Å²) in [5.41, 5.74) is 4.83. The predicted octanol–water partition coefficient (Wildman–Crippen LogP) is 1.70. The average Bonchev–Trinajstić information content (AvgIpc) is 2.10. The Hall–Kier alpha value is -1.30. The molecular weight excluding hydrogens is 252 g/mol. The molecule has 1 heterocycles. The maximum atomic E-state index is 10.4. The highest BCUT2D eigenvalue weighted by molar-refractivity contribution is 9.10. The lowest BCUT2D eigenvalue weighted by Crippen LogP contribution is -2.16. The maximum absolute atomic E-state index is 10.4. The van der Waals surface area contributed by atoms with Crippen LogP contribution >= 0.6 is 15.9 Å². The summed E-state index contributed by atoms with van der Waals surface area (Å²) >= 11 is 3.24. The fraction of sp³-hybridized carbons (Fsp3) is 0.250. The second-order valence-electron chi connectivity index (χ2n) is 2.31. The third kappa shape index (κ3) is 2.88. The molecule has 5 nitrogen and oxygen atoms in total. The highest BCUT2D eigenvalue weighted by atomic mass is 79.9. The molecule has 0 spiro atoms. The average molecular weight is 261 g/mol. The van der Waals surface area contributed by atoms with E-state index in [9.17, 15) is 4.79 Å². The molecule has 1 rings (SSSR count). The van der Waals surface area contributed by atoms with E-state index < -0.39 is 6.09 Å². The zero-order valence-electron chi connectivity index (χ0n) is 7.49. The number of amides is 1. The lowest BCUT2D eigenvalue weighted by Gasteiger charge is -2.06. The van der Waals surface area contributed by atoms with E-state index in [-0.39, 0.29) is 5.88 Å². The van der Waals surface area contributed by atoms with Gasteiger partial charge in [-0.15, -0.1) is 0 Å². The number of carbonyl (C=O) groups excluding carboxylic acids is 1. The number of hydrogen-bond donors (Lipinski definition) is 1. The molecule has 1 amide bonds. The Labute approximate surface area is 89.3 Å². The number of nitrogens with zero attached hydrogens (tertiary/aromatic N) is 1. The van der Waals surface area contributed by atoms with E-state index in [1.165, 1.54) is 12.3 Å². The summed E-state index contributed by atoms with van der Waals surface area (Å²) in [6.45, 7) is 2.36. The number of primary amides is 1. The SMILES string of the molecule is CCOc1cc(OC(N)=O)ncc1Br. The van der Waals surface area contributed by atoms with Crippen LogP contribution in [0.1, 0.15) is 6.92 Å². The van der Waals surface area contributed by atoms with Crippen molar-refractivity contribution in [2.45, 2.75) is 6.92 Å². The van der Waals surface area contributed by atoms with Crippen LogP contribution in [-0.2, 0) is 0 Å². The molecule has 0 aromatic carbocycles. The van der Waals surface area contributed by atoms with Crippen molar-refractivity contribution < 1.29 is 14.3 Å². The lowest BCUT2D eigenvalue weighted by molar-refractivity contribution is 0.208. The van der Waals surface area contributed by atoms with Crippen LogP contribution in [0.4, 0.5) is 4.79 Å².